The number of hydrogen-bond donors (Lipinski definition) is 4. The molecule has 2 aromatic rings. The highest BCUT2D eigenvalue weighted by Crippen LogP contribution is 2.44. The van der Waals surface area contributed by atoms with E-state index in [9.17, 15) is 24.6 Å². The molecule has 34 heavy (non-hydrogen) atoms. The number of amides is 2. The number of carbonyl (C=O) groups is 3. The van der Waals surface area contributed by atoms with Crippen molar-refractivity contribution in [2.24, 2.45) is 5.41 Å². The number of hydrogen-bond acceptors (Lipinski definition) is 5. The van der Waals surface area contributed by atoms with Gasteiger partial charge in [-0.15, -0.1) is 0 Å². The van der Waals surface area contributed by atoms with E-state index in [1.165, 1.54) is 6.92 Å². The Bertz CT molecular complexity index is 1050. The molecule has 0 bridgehead atoms. The molecular formula is C26H32N2O6. The van der Waals surface area contributed by atoms with Gasteiger partial charge in [-0.05, 0) is 56.9 Å². The zero-order chi connectivity index (χ0) is 25.3. The molecular weight excluding hydrogens is 436 g/mol. The Balaban J connectivity index is 1.68. The van der Waals surface area contributed by atoms with Crippen LogP contribution in [-0.4, -0.2) is 52.5 Å². The first kappa shape index (κ1) is 25.2. The minimum atomic E-state index is -1.46. The number of aliphatic hydroxyl groups is 1. The fourth-order valence-corrected chi connectivity index (χ4v) is 4.04. The third kappa shape index (κ3) is 4.77. The van der Waals surface area contributed by atoms with Crippen LogP contribution in [0.3, 0.4) is 0 Å². The topological polar surface area (TPSA) is 125 Å². The predicted molar refractivity (Wildman–Crippen MR) is 127 cm³/mol. The van der Waals surface area contributed by atoms with Gasteiger partial charge in [0, 0.05) is 5.92 Å². The molecule has 8 heteroatoms. The van der Waals surface area contributed by atoms with Gasteiger partial charge in [0.25, 0.3) is 0 Å². The number of carbonyl (C=O) groups excluding carboxylic acids is 2. The molecule has 8 nitrogen and oxygen atoms in total. The first-order chi connectivity index (χ1) is 15.9. The van der Waals surface area contributed by atoms with Crippen molar-refractivity contribution in [3.05, 3.63) is 59.7 Å². The number of alkyl carbamates (subject to hydrolysis) is 1. The fourth-order valence-electron chi connectivity index (χ4n) is 4.04. The highest BCUT2D eigenvalue weighted by atomic mass is 16.5. The van der Waals surface area contributed by atoms with E-state index in [0.29, 0.717) is 0 Å². The van der Waals surface area contributed by atoms with Crippen LogP contribution in [0.1, 0.15) is 51.7 Å². The lowest BCUT2D eigenvalue weighted by Gasteiger charge is -2.41. The summed E-state index contributed by atoms with van der Waals surface area (Å²) >= 11 is 0. The van der Waals surface area contributed by atoms with E-state index in [4.69, 9.17) is 4.74 Å². The molecule has 1 aliphatic carbocycles. The van der Waals surface area contributed by atoms with Crippen LogP contribution in [0.25, 0.3) is 11.1 Å². The maximum Gasteiger partial charge on any atom is 0.407 e. The molecule has 0 aromatic heterocycles. The molecule has 0 spiro atoms. The molecule has 0 fully saturated rings. The summed E-state index contributed by atoms with van der Waals surface area (Å²) in [6, 6.07) is 14.6. The van der Waals surface area contributed by atoms with Crippen molar-refractivity contribution in [3.63, 3.8) is 0 Å². The second-order valence-electron chi connectivity index (χ2n) is 9.73. The Morgan fingerprint density at radius 1 is 0.971 bits per heavy atom. The number of ether oxygens (including phenoxy) is 1. The van der Waals surface area contributed by atoms with Crippen LogP contribution in [0, 0.1) is 5.41 Å². The van der Waals surface area contributed by atoms with Gasteiger partial charge in [0.1, 0.15) is 6.61 Å². The minimum absolute atomic E-state index is 0.0973. The third-order valence-electron chi connectivity index (χ3n) is 6.92. The van der Waals surface area contributed by atoms with Gasteiger partial charge in [-0.1, -0.05) is 48.5 Å². The van der Waals surface area contributed by atoms with Gasteiger partial charge in [0.2, 0.25) is 5.91 Å². The van der Waals surface area contributed by atoms with Gasteiger partial charge in [-0.25, -0.2) is 9.59 Å². The average Bonchev–Trinajstić information content (AvgIpc) is 3.08. The number of nitrogens with one attached hydrogen (secondary N) is 2. The lowest BCUT2D eigenvalue weighted by molar-refractivity contribution is -0.147. The summed E-state index contributed by atoms with van der Waals surface area (Å²) in [5.41, 5.74) is 2.11. The number of carboxylic acid groups (broad SMARTS) is 1. The lowest BCUT2D eigenvalue weighted by Crippen LogP contribution is -2.62. The van der Waals surface area contributed by atoms with Crippen molar-refractivity contribution in [2.75, 3.05) is 6.61 Å². The Labute approximate surface area is 199 Å². The van der Waals surface area contributed by atoms with Gasteiger partial charge in [0.05, 0.1) is 17.1 Å². The molecule has 2 amide bonds. The quantitative estimate of drug-likeness (QED) is 0.471. The third-order valence-corrected chi connectivity index (χ3v) is 6.92. The standard InChI is InChI=1S/C26H32N2O6/c1-15(29)21(22(30)31)27-23(32)25(2,3)26(4,5)28-24(33)34-14-20-18-12-8-6-10-16(18)17-11-7-9-13-19(17)20/h6-13,15,20-21,29H,14H2,1-5H3,(H,27,32)(H,28,33)(H,30,31)/t15-,21+/m1/s1. The van der Waals surface area contributed by atoms with Crippen molar-refractivity contribution in [3.8, 4) is 11.1 Å². The van der Waals surface area contributed by atoms with Crippen LogP contribution in [0.4, 0.5) is 4.79 Å². The summed E-state index contributed by atoms with van der Waals surface area (Å²) in [5.74, 6) is -2.06. The molecule has 0 unspecified atom stereocenters. The molecule has 0 heterocycles. The minimum Gasteiger partial charge on any atom is -0.480 e. The van der Waals surface area contributed by atoms with E-state index in [0.717, 1.165) is 22.3 Å². The summed E-state index contributed by atoms with van der Waals surface area (Å²) in [5, 5.41) is 24.0. The Hall–Kier alpha value is -3.39. The van der Waals surface area contributed by atoms with Crippen molar-refractivity contribution >= 4 is 18.0 Å². The normalized spacial score (nSPS) is 15.0. The maximum atomic E-state index is 12.9. The molecule has 0 aliphatic heterocycles. The number of fused-ring (bicyclic) bond motifs is 3. The van der Waals surface area contributed by atoms with Crippen molar-refractivity contribution in [2.45, 2.75) is 58.2 Å². The van der Waals surface area contributed by atoms with Crippen molar-refractivity contribution in [1.82, 2.24) is 10.6 Å². The molecule has 0 saturated heterocycles. The molecule has 4 N–H and O–H groups in total. The van der Waals surface area contributed by atoms with Crippen LogP contribution < -0.4 is 10.6 Å². The molecule has 0 saturated carbocycles. The van der Waals surface area contributed by atoms with Crippen molar-refractivity contribution in [1.29, 1.82) is 0 Å². The maximum absolute atomic E-state index is 12.9. The van der Waals surface area contributed by atoms with Gasteiger partial charge in [0.15, 0.2) is 6.04 Å². The van der Waals surface area contributed by atoms with Crippen LogP contribution in [-0.2, 0) is 14.3 Å². The molecule has 2 aromatic carbocycles. The van der Waals surface area contributed by atoms with E-state index in [-0.39, 0.29) is 12.5 Å². The van der Waals surface area contributed by atoms with Gasteiger partial charge in [-0.2, -0.15) is 0 Å². The first-order valence-corrected chi connectivity index (χ1v) is 11.2. The van der Waals surface area contributed by atoms with Crippen LogP contribution in [0.2, 0.25) is 0 Å². The van der Waals surface area contributed by atoms with E-state index in [2.05, 4.69) is 22.8 Å². The number of benzene rings is 2. The summed E-state index contributed by atoms with van der Waals surface area (Å²) < 4.78 is 5.59. The van der Waals surface area contributed by atoms with Crippen LogP contribution >= 0.6 is 0 Å². The lowest BCUT2D eigenvalue weighted by atomic mass is 9.73. The van der Waals surface area contributed by atoms with E-state index < -0.39 is 41.1 Å². The fraction of sp³-hybridized carbons (Fsp3) is 0.423. The molecule has 1 aliphatic rings. The molecule has 0 radical (unpaired) electrons. The highest BCUT2D eigenvalue weighted by molar-refractivity contribution is 5.89. The van der Waals surface area contributed by atoms with E-state index in [1.807, 2.05) is 36.4 Å². The van der Waals surface area contributed by atoms with E-state index >= 15 is 0 Å². The summed E-state index contributed by atoms with van der Waals surface area (Å²) in [6.45, 7) is 7.91. The first-order valence-electron chi connectivity index (χ1n) is 11.2. The molecule has 3 rings (SSSR count). The smallest absolute Gasteiger partial charge is 0.407 e. The SMILES string of the molecule is C[C@@H](O)[C@H](NC(=O)C(C)(C)C(C)(C)NC(=O)OCC1c2ccccc2-c2ccccc21)C(=O)O. The van der Waals surface area contributed by atoms with Crippen molar-refractivity contribution < 1.29 is 29.3 Å². The monoisotopic (exact) mass is 468 g/mol. The predicted octanol–water partition coefficient (Wildman–Crippen LogP) is 3.28. The zero-order valence-corrected chi connectivity index (χ0v) is 20.1. The second kappa shape index (κ2) is 9.46. The number of aliphatic carboxylic acids is 1. The molecule has 182 valence electrons. The number of rotatable bonds is 8. The summed E-state index contributed by atoms with van der Waals surface area (Å²) in [6.07, 6.45) is -1.96. The van der Waals surface area contributed by atoms with Crippen LogP contribution in [0.15, 0.2) is 48.5 Å². The largest absolute Gasteiger partial charge is 0.480 e. The Kier molecular flexibility index (Phi) is 7.02. The number of carboxylic acids is 1. The Morgan fingerprint density at radius 2 is 1.47 bits per heavy atom. The van der Waals surface area contributed by atoms with E-state index in [1.54, 1.807) is 27.7 Å². The second-order valence-corrected chi connectivity index (χ2v) is 9.73. The Morgan fingerprint density at radius 3 is 1.94 bits per heavy atom. The zero-order valence-electron chi connectivity index (χ0n) is 20.1. The van der Waals surface area contributed by atoms with Gasteiger partial charge in [-0.3, -0.25) is 4.79 Å². The van der Waals surface area contributed by atoms with Gasteiger partial charge >= 0.3 is 12.1 Å². The summed E-state index contributed by atoms with van der Waals surface area (Å²) in [4.78, 5) is 37.0. The number of aliphatic hydroxyl groups excluding tert-OH is 1. The van der Waals surface area contributed by atoms with Gasteiger partial charge < -0.3 is 25.6 Å². The highest BCUT2D eigenvalue weighted by Gasteiger charge is 2.46. The molecule has 2 atom stereocenters. The average molecular weight is 469 g/mol. The van der Waals surface area contributed by atoms with Crippen LogP contribution in [0.5, 0.6) is 0 Å². The summed E-state index contributed by atoms with van der Waals surface area (Å²) in [7, 11) is 0.